The molecule has 2 N–H and O–H groups in total. The number of rotatable bonds is 6. The van der Waals surface area contributed by atoms with Gasteiger partial charge in [0.2, 0.25) is 10.0 Å². The third-order valence-corrected chi connectivity index (χ3v) is 4.41. The van der Waals surface area contributed by atoms with E-state index in [2.05, 4.69) is 0 Å². The van der Waals surface area contributed by atoms with Crippen LogP contribution in [0.2, 0.25) is 5.02 Å². The molecule has 102 valence electrons. The molecule has 0 saturated heterocycles. The number of nitrogens with zero attached hydrogens (tertiary/aromatic N) is 1. The van der Waals surface area contributed by atoms with E-state index in [0.717, 1.165) is 22.5 Å². The van der Waals surface area contributed by atoms with Crippen molar-refractivity contribution in [3.05, 3.63) is 29.0 Å². The van der Waals surface area contributed by atoms with Crippen LogP contribution in [0.4, 0.5) is 4.39 Å². The van der Waals surface area contributed by atoms with E-state index < -0.39 is 15.8 Å². The average molecular weight is 298 g/mol. The second kappa shape index (κ2) is 6.44. The van der Waals surface area contributed by atoms with Crippen LogP contribution < -0.4 is 0 Å². The van der Waals surface area contributed by atoms with E-state index in [-0.39, 0.29) is 36.2 Å². The van der Waals surface area contributed by atoms with Gasteiger partial charge in [-0.05, 0) is 18.2 Å². The van der Waals surface area contributed by atoms with Crippen LogP contribution in [0.5, 0.6) is 0 Å². The molecule has 0 spiro atoms. The van der Waals surface area contributed by atoms with Crippen molar-refractivity contribution in [3.63, 3.8) is 0 Å². The molecule has 0 amide bonds. The van der Waals surface area contributed by atoms with Crippen molar-refractivity contribution in [3.8, 4) is 0 Å². The summed E-state index contributed by atoms with van der Waals surface area (Å²) in [6.07, 6.45) is 0. The summed E-state index contributed by atoms with van der Waals surface area (Å²) >= 11 is 5.52. The van der Waals surface area contributed by atoms with E-state index in [1.807, 2.05) is 0 Å². The van der Waals surface area contributed by atoms with E-state index in [9.17, 15) is 12.8 Å². The summed E-state index contributed by atoms with van der Waals surface area (Å²) < 4.78 is 38.1. The van der Waals surface area contributed by atoms with Crippen molar-refractivity contribution in [1.82, 2.24) is 4.31 Å². The zero-order valence-corrected chi connectivity index (χ0v) is 11.0. The van der Waals surface area contributed by atoms with Gasteiger partial charge in [0.05, 0.1) is 23.1 Å². The van der Waals surface area contributed by atoms with E-state index in [1.54, 1.807) is 0 Å². The summed E-state index contributed by atoms with van der Waals surface area (Å²) in [6.45, 7) is -1.07. The van der Waals surface area contributed by atoms with Crippen LogP contribution in [0, 0.1) is 5.82 Å². The Morgan fingerprint density at radius 1 is 1.22 bits per heavy atom. The zero-order chi connectivity index (χ0) is 13.8. The van der Waals surface area contributed by atoms with Gasteiger partial charge in [-0.1, -0.05) is 11.6 Å². The van der Waals surface area contributed by atoms with Crippen LogP contribution >= 0.6 is 11.6 Å². The number of hydrogen-bond donors (Lipinski definition) is 2. The molecule has 18 heavy (non-hydrogen) atoms. The van der Waals surface area contributed by atoms with Crippen molar-refractivity contribution in [2.75, 3.05) is 26.3 Å². The van der Waals surface area contributed by atoms with Crippen molar-refractivity contribution in [2.45, 2.75) is 4.90 Å². The molecule has 0 aliphatic carbocycles. The molecule has 0 aromatic heterocycles. The lowest BCUT2D eigenvalue weighted by atomic mass is 10.3. The van der Waals surface area contributed by atoms with Crippen LogP contribution in [-0.2, 0) is 10.0 Å². The summed E-state index contributed by atoms with van der Waals surface area (Å²) in [5.74, 6) is -0.716. The lowest BCUT2D eigenvalue weighted by molar-refractivity contribution is 0.217. The first-order chi connectivity index (χ1) is 8.43. The van der Waals surface area contributed by atoms with Gasteiger partial charge in [-0.15, -0.1) is 0 Å². The molecule has 0 saturated carbocycles. The molecular weight excluding hydrogens is 285 g/mol. The average Bonchev–Trinajstić information content (AvgIpc) is 2.32. The van der Waals surface area contributed by atoms with Gasteiger partial charge in [-0.25, -0.2) is 12.8 Å². The molecule has 0 atom stereocenters. The number of hydrogen-bond acceptors (Lipinski definition) is 4. The number of halogens is 2. The summed E-state index contributed by atoms with van der Waals surface area (Å²) in [6, 6.07) is 3.03. The first-order valence-corrected chi connectivity index (χ1v) is 6.92. The third kappa shape index (κ3) is 3.39. The summed E-state index contributed by atoms with van der Waals surface area (Å²) in [7, 11) is -3.90. The first kappa shape index (κ1) is 15.3. The van der Waals surface area contributed by atoms with E-state index >= 15 is 0 Å². The number of sulfonamides is 1. The maximum atomic E-state index is 13.0. The van der Waals surface area contributed by atoms with Crippen LogP contribution in [0.15, 0.2) is 23.1 Å². The Bertz CT molecular complexity index is 503. The quantitative estimate of drug-likeness (QED) is 0.799. The molecule has 0 bridgehead atoms. The first-order valence-electron chi connectivity index (χ1n) is 5.10. The maximum Gasteiger partial charge on any atom is 0.243 e. The van der Waals surface area contributed by atoms with Gasteiger partial charge in [-0.3, -0.25) is 0 Å². The minimum absolute atomic E-state index is 0.155. The Morgan fingerprint density at radius 2 is 1.78 bits per heavy atom. The Morgan fingerprint density at radius 3 is 2.22 bits per heavy atom. The molecule has 0 unspecified atom stereocenters. The molecule has 5 nitrogen and oxygen atoms in total. The highest BCUT2D eigenvalue weighted by Gasteiger charge is 2.24. The van der Waals surface area contributed by atoms with Crippen LogP contribution in [0.25, 0.3) is 0 Å². The van der Waals surface area contributed by atoms with Gasteiger partial charge in [0.15, 0.2) is 0 Å². The van der Waals surface area contributed by atoms with Gasteiger partial charge in [0, 0.05) is 13.1 Å². The Labute approximate surface area is 109 Å². The monoisotopic (exact) mass is 297 g/mol. The van der Waals surface area contributed by atoms with Crippen molar-refractivity contribution in [1.29, 1.82) is 0 Å². The summed E-state index contributed by atoms with van der Waals surface area (Å²) in [4.78, 5) is -0.184. The second-order valence-corrected chi connectivity index (χ2v) is 5.77. The molecule has 1 aromatic carbocycles. The molecule has 0 radical (unpaired) electrons. The Hall–Kier alpha value is -0.730. The van der Waals surface area contributed by atoms with Crippen molar-refractivity contribution in [2.24, 2.45) is 0 Å². The van der Waals surface area contributed by atoms with E-state index in [1.165, 1.54) is 0 Å². The van der Waals surface area contributed by atoms with Gasteiger partial charge in [0.1, 0.15) is 5.82 Å². The minimum atomic E-state index is -3.90. The second-order valence-electron chi connectivity index (χ2n) is 3.43. The van der Waals surface area contributed by atoms with Crippen molar-refractivity contribution < 1.29 is 23.0 Å². The molecule has 0 fully saturated rings. The molecule has 8 heteroatoms. The standard InChI is InChI=1S/C10H13ClFNO4S/c11-9-7-8(1-2-10(9)12)18(16,17)13(3-5-14)4-6-15/h1-2,7,14-15H,3-6H2. The lowest BCUT2D eigenvalue weighted by Crippen LogP contribution is -2.35. The highest BCUT2D eigenvalue weighted by molar-refractivity contribution is 7.89. The lowest BCUT2D eigenvalue weighted by Gasteiger charge is -2.20. The minimum Gasteiger partial charge on any atom is -0.395 e. The van der Waals surface area contributed by atoms with Crippen molar-refractivity contribution >= 4 is 21.6 Å². The fraction of sp³-hybridized carbons (Fsp3) is 0.400. The molecule has 0 heterocycles. The van der Waals surface area contributed by atoms with E-state index in [0.29, 0.717) is 0 Å². The molecule has 1 aromatic rings. The SMILES string of the molecule is O=S(=O)(c1ccc(F)c(Cl)c1)N(CCO)CCO. The third-order valence-electron chi connectivity index (χ3n) is 2.23. The predicted octanol–water partition coefficient (Wildman–Crippen LogP) is 0.454. The Kier molecular flexibility index (Phi) is 5.48. The molecule has 1 rings (SSSR count). The van der Waals surface area contributed by atoms with E-state index in [4.69, 9.17) is 21.8 Å². The summed E-state index contributed by atoms with van der Waals surface area (Å²) in [5, 5.41) is 17.3. The molecular formula is C10H13ClFNO4S. The van der Waals surface area contributed by atoms with Crippen LogP contribution in [0.3, 0.4) is 0 Å². The highest BCUT2D eigenvalue weighted by atomic mass is 35.5. The Balaban J connectivity index is 3.13. The topological polar surface area (TPSA) is 77.8 Å². The van der Waals surface area contributed by atoms with Gasteiger partial charge in [0.25, 0.3) is 0 Å². The number of aliphatic hydroxyl groups is 2. The van der Waals surface area contributed by atoms with Gasteiger partial charge in [-0.2, -0.15) is 4.31 Å². The molecule has 0 aliphatic heterocycles. The highest BCUT2D eigenvalue weighted by Crippen LogP contribution is 2.22. The fourth-order valence-corrected chi connectivity index (χ4v) is 3.06. The number of aliphatic hydroxyl groups excluding tert-OH is 2. The van der Waals surface area contributed by atoms with Gasteiger partial charge >= 0.3 is 0 Å². The smallest absolute Gasteiger partial charge is 0.243 e. The summed E-state index contributed by atoms with van der Waals surface area (Å²) in [5.41, 5.74) is 0. The largest absolute Gasteiger partial charge is 0.395 e. The normalized spacial score (nSPS) is 12.1. The van der Waals surface area contributed by atoms with Crippen LogP contribution in [0.1, 0.15) is 0 Å². The maximum absolute atomic E-state index is 13.0. The van der Waals surface area contributed by atoms with Gasteiger partial charge < -0.3 is 10.2 Å². The van der Waals surface area contributed by atoms with Crippen LogP contribution in [-0.4, -0.2) is 49.2 Å². The zero-order valence-electron chi connectivity index (χ0n) is 9.38. The fourth-order valence-electron chi connectivity index (χ4n) is 1.36. The predicted molar refractivity (Wildman–Crippen MR) is 64.3 cm³/mol. The molecule has 0 aliphatic rings. The number of benzene rings is 1.